The van der Waals surface area contributed by atoms with Crippen LogP contribution in [0.1, 0.15) is 39.0 Å². The fourth-order valence-electron chi connectivity index (χ4n) is 1.86. The van der Waals surface area contributed by atoms with Gasteiger partial charge in [0.2, 0.25) is 0 Å². The summed E-state index contributed by atoms with van der Waals surface area (Å²) in [5, 5.41) is 3.54. The zero-order valence-electron chi connectivity index (χ0n) is 7.68. The Labute approximate surface area is 79.9 Å². The third-order valence-corrected chi connectivity index (χ3v) is 2.55. The quantitative estimate of drug-likeness (QED) is 0.655. The molecular formula is C9H18N2S. The topological polar surface area (TPSA) is 38.0 Å². The summed E-state index contributed by atoms with van der Waals surface area (Å²) in [6.07, 6.45) is 6.21. The molecule has 1 aliphatic carbocycles. The van der Waals surface area contributed by atoms with Crippen LogP contribution in [-0.4, -0.2) is 17.1 Å². The second-order valence-corrected chi connectivity index (χ2v) is 4.24. The summed E-state index contributed by atoms with van der Waals surface area (Å²) < 4.78 is 0. The molecule has 0 aliphatic heterocycles. The smallest absolute Gasteiger partial charge is 0.0742 e. The number of hydrogen-bond acceptors (Lipinski definition) is 2. The maximum atomic E-state index is 5.46. The molecule has 0 radical (unpaired) electrons. The number of thiocarbonyl (C=S) groups is 1. The summed E-state index contributed by atoms with van der Waals surface area (Å²) in [5.74, 6) is 0. The van der Waals surface area contributed by atoms with E-state index in [9.17, 15) is 0 Å². The Bertz CT molecular complexity index is 153. The molecule has 0 aromatic carbocycles. The van der Waals surface area contributed by atoms with Crippen LogP contribution in [0.15, 0.2) is 0 Å². The van der Waals surface area contributed by atoms with Crippen molar-refractivity contribution in [2.75, 3.05) is 0 Å². The van der Waals surface area contributed by atoms with Crippen molar-refractivity contribution in [3.05, 3.63) is 0 Å². The van der Waals surface area contributed by atoms with Crippen LogP contribution in [0.5, 0.6) is 0 Å². The minimum atomic E-state index is 0.450. The SMILES string of the molecule is CC(CC(N)=S)NC1CCCC1. The molecule has 70 valence electrons. The Morgan fingerprint density at radius 3 is 2.67 bits per heavy atom. The van der Waals surface area contributed by atoms with Gasteiger partial charge in [0.1, 0.15) is 0 Å². The van der Waals surface area contributed by atoms with Crippen molar-refractivity contribution in [1.29, 1.82) is 0 Å². The fraction of sp³-hybridized carbons (Fsp3) is 0.889. The largest absolute Gasteiger partial charge is 0.393 e. The van der Waals surface area contributed by atoms with E-state index in [1.807, 2.05) is 0 Å². The summed E-state index contributed by atoms with van der Waals surface area (Å²) in [4.78, 5) is 0.619. The summed E-state index contributed by atoms with van der Waals surface area (Å²) >= 11 is 4.85. The zero-order chi connectivity index (χ0) is 8.97. The highest BCUT2D eigenvalue weighted by atomic mass is 32.1. The van der Waals surface area contributed by atoms with Crippen molar-refractivity contribution < 1.29 is 0 Å². The third-order valence-electron chi connectivity index (χ3n) is 2.38. The summed E-state index contributed by atoms with van der Waals surface area (Å²) in [6, 6.07) is 1.17. The van der Waals surface area contributed by atoms with Crippen LogP contribution < -0.4 is 11.1 Å². The Kier molecular flexibility index (Phi) is 3.95. The normalized spacial score (nSPS) is 21.1. The maximum Gasteiger partial charge on any atom is 0.0742 e. The Balaban J connectivity index is 2.16. The average molecular weight is 186 g/mol. The van der Waals surface area contributed by atoms with Gasteiger partial charge in [0.05, 0.1) is 4.99 Å². The minimum Gasteiger partial charge on any atom is -0.393 e. The molecule has 0 bridgehead atoms. The fourth-order valence-corrected chi connectivity index (χ4v) is 2.11. The van der Waals surface area contributed by atoms with Crippen LogP contribution in [-0.2, 0) is 0 Å². The second kappa shape index (κ2) is 4.77. The van der Waals surface area contributed by atoms with E-state index in [2.05, 4.69) is 12.2 Å². The highest BCUT2D eigenvalue weighted by Crippen LogP contribution is 2.18. The lowest BCUT2D eigenvalue weighted by Crippen LogP contribution is -2.36. The van der Waals surface area contributed by atoms with Gasteiger partial charge in [-0.3, -0.25) is 0 Å². The molecule has 0 heterocycles. The molecule has 0 amide bonds. The van der Waals surface area contributed by atoms with Crippen molar-refractivity contribution in [1.82, 2.24) is 5.32 Å². The van der Waals surface area contributed by atoms with Crippen LogP contribution >= 0.6 is 12.2 Å². The van der Waals surface area contributed by atoms with Gasteiger partial charge in [-0.2, -0.15) is 0 Å². The van der Waals surface area contributed by atoms with E-state index in [1.165, 1.54) is 25.7 Å². The molecule has 1 atom stereocenters. The van der Waals surface area contributed by atoms with Gasteiger partial charge in [-0.05, 0) is 19.8 Å². The number of hydrogen-bond donors (Lipinski definition) is 2. The van der Waals surface area contributed by atoms with E-state index in [0.29, 0.717) is 17.1 Å². The predicted octanol–water partition coefficient (Wildman–Crippen LogP) is 1.58. The monoisotopic (exact) mass is 186 g/mol. The first kappa shape index (κ1) is 9.93. The van der Waals surface area contributed by atoms with Gasteiger partial charge < -0.3 is 11.1 Å². The molecule has 1 rings (SSSR count). The first-order valence-electron chi connectivity index (χ1n) is 4.73. The van der Waals surface area contributed by atoms with E-state index in [1.54, 1.807) is 0 Å². The van der Waals surface area contributed by atoms with Gasteiger partial charge >= 0.3 is 0 Å². The maximum absolute atomic E-state index is 5.46. The van der Waals surface area contributed by atoms with Crippen LogP contribution in [0.25, 0.3) is 0 Å². The lowest BCUT2D eigenvalue weighted by Gasteiger charge is -2.18. The van der Waals surface area contributed by atoms with Gasteiger partial charge in [-0.25, -0.2) is 0 Å². The summed E-state index contributed by atoms with van der Waals surface area (Å²) in [5.41, 5.74) is 5.46. The van der Waals surface area contributed by atoms with Crippen LogP contribution in [0.4, 0.5) is 0 Å². The van der Waals surface area contributed by atoms with Crippen LogP contribution in [0.2, 0.25) is 0 Å². The van der Waals surface area contributed by atoms with Crippen molar-refractivity contribution in [2.45, 2.75) is 51.1 Å². The van der Waals surface area contributed by atoms with Gasteiger partial charge in [-0.1, -0.05) is 25.1 Å². The molecular weight excluding hydrogens is 168 g/mol. The van der Waals surface area contributed by atoms with Crippen molar-refractivity contribution in [3.63, 3.8) is 0 Å². The van der Waals surface area contributed by atoms with Crippen LogP contribution in [0.3, 0.4) is 0 Å². The van der Waals surface area contributed by atoms with Crippen LogP contribution in [0, 0.1) is 0 Å². The highest BCUT2D eigenvalue weighted by Gasteiger charge is 2.16. The van der Waals surface area contributed by atoms with Gasteiger partial charge in [0.25, 0.3) is 0 Å². The first-order valence-corrected chi connectivity index (χ1v) is 5.13. The molecule has 1 aliphatic rings. The molecule has 3 N–H and O–H groups in total. The van der Waals surface area contributed by atoms with Gasteiger partial charge in [0, 0.05) is 18.5 Å². The first-order chi connectivity index (χ1) is 5.68. The minimum absolute atomic E-state index is 0.450. The lowest BCUT2D eigenvalue weighted by atomic mass is 10.2. The number of nitrogens with one attached hydrogen (secondary N) is 1. The molecule has 3 heteroatoms. The van der Waals surface area contributed by atoms with E-state index < -0.39 is 0 Å². The Hall–Kier alpha value is -0.150. The number of rotatable bonds is 4. The molecule has 1 unspecified atom stereocenters. The Morgan fingerprint density at radius 1 is 1.58 bits per heavy atom. The van der Waals surface area contributed by atoms with E-state index >= 15 is 0 Å². The molecule has 0 saturated heterocycles. The van der Waals surface area contributed by atoms with Gasteiger partial charge in [0.15, 0.2) is 0 Å². The van der Waals surface area contributed by atoms with Crippen molar-refractivity contribution in [3.8, 4) is 0 Å². The molecule has 0 aromatic heterocycles. The molecule has 0 aromatic rings. The van der Waals surface area contributed by atoms with E-state index in [-0.39, 0.29) is 0 Å². The molecule has 1 saturated carbocycles. The van der Waals surface area contributed by atoms with E-state index in [0.717, 1.165) is 6.42 Å². The average Bonchev–Trinajstić information content (AvgIpc) is 2.37. The molecule has 1 fully saturated rings. The van der Waals surface area contributed by atoms with Gasteiger partial charge in [-0.15, -0.1) is 0 Å². The van der Waals surface area contributed by atoms with E-state index in [4.69, 9.17) is 18.0 Å². The Morgan fingerprint density at radius 2 is 2.17 bits per heavy atom. The van der Waals surface area contributed by atoms with Crippen molar-refractivity contribution in [2.24, 2.45) is 5.73 Å². The van der Waals surface area contributed by atoms with Crippen molar-refractivity contribution >= 4 is 17.2 Å². The highest BCUT2D eigenvalue weighted by molar-refractivity contribution is 7.80. The summed E-state index contributed by atoms with van der Waals surface area (Å²) in [6.45, 7) is 2.15. The lowest BCUT2D eigenvalue weighted by molar-refractivity contribution is 0.458. The molecule has 12 heavy (non-hydrogen) atoms. The zero-order valence-corrected chi connectivity index (χ0v) is 8.49. The molecule has 2 nitrogen and oxygen atoms in total. The predicted molar refractivity (Wildman–Crippen MR) is 56.3 cm³/mol. The standard InChI is InChI=1S/C9H18N2S/c1-7(6-9(10)12)11-8-4-2-3-5-8/h7-8,11H,2-6H2,1H3,(H2,10,12). The summed E-state index contributed by atoms with van der Waals surface area (Å²) in [7, 11) is 0. The third kappa shape index (κ3) is 3.50. The second-order valence-electron chi connectivity index (χ2n) is 3.72. The molecule has 0 spiro atoms. The number of nitrogens with two attached hydrogens (primary N) is 1.